The number of nitrogens with one attached hydrogen (secondary N) is 2. The van der Waals surface area contributed by atoms with E-state index in [2.05, 4.69) is 22.2 Å². The third-order valence-electron chi connectivity index (χ3n) is 4.89. The highest BCUT2D eigenvalue weighted by atomic mass is 32.2. The summed E-state index contributed by atoms with van der Waals surface area (Å²) in [4.78, 5) is 17.9. The molecule has 1 fully saturated rings. The number of benzene rings is 1. The van der Waals surface area contributed by atoms with Crippen LogP contribution < -0.4 is 20.1 Å². The van der Waals surface area contributed by atoms with Gasteiger partial charge in [0.05, 0.1) is 25.2 Å². The summed E-state index contributed by atoms with van der Waals surface area (Å²) in [6.45, 7) is 3.47. The molecule has 1 aliphatic carbocycles. The Hall–Kier alpha value is -2.71. The van der Waals surface area contributed by atoms with E-state index in [0.717, 1.165) is 35.5 Å². The van der Waals surface area contributed by atoms with Crippen LogP contribution in [0.5, 0.6) is 11.6 Å². The first-order valence-electron chi connectivity index (χ1n) is 9.81. The Morgan fingerprint density at radius 3 is 2.67 bits per heavy atom. The number of ether oxygens (including phenoxy) is 2. The fraction of sp³-hybridized carbons (Fsp3) is 0.364. The van der Waals surface area contributed by atoms with Crippen LogP contribution in [-0.2, 0) is 4.79 Å². The number of hydrogen-bond acceptors (Lipinski definition) is 7. The minimum Gasteiger partial charge on any atom is -0.493 e. The monoisotopic (exact) mass is 429 g/mol. The summed E-state index contributed by atoms with van der Waals surface area (Å²) in [7, 11) is 3.19. The molecule has 1 amide bonds. The van der Waals surface area contributed by atoms with Gasteiger partial charge in [0.1, 0.15) is 0 Å². The fourth-order valence-corrected chi connectivity index (χ4v) is 4.28. The molecule has 0 saturated heterocycles. The molecule has 0 bridgehead atoms. The Labute approximate surface area is 180 Å². The number of carbonyl (C=O) groups excluding carboxylic acids is 1. The molecule has 1 saturated carbocycles. The van der Waals surface area contributed by atoms with Crippen LogP contribution in [-0.4, -0.2) is 42.4 Å². The smallest absolute Gasteiger partial charge is 0.247 e. The molecule has 0 spiro atoms. The second kappa shape index (κ2) is 10.4. The predicted octanol–water partition coefficient (Wildman–Crippen LogP) is 4.09. The molecule has 1 heterocycles. The molecule has 3 rings (SSSR count). The Balaban J connectivity index is 1.80. The van der Waals surface area contributed by atoms with E-state index >= 15 is 0 Å². The maximum Gasteiger partial charge on any atom is 0.247 e. The zero-order chi connectivity index (χ0) is 21.5. The van der Waals surface area contributed by atoms with E-state index in [1.54, 1.807) is 14.2 Å². The first-order valence-corrected chi connectivity index (χ1v) is 10.6. The van der Waals surface area contributed by atoms with Crippen molar-refractivity contribution in [2.24, 2.45) is 0 Å². The summed E-state index contributed by atoms with van der Waals surface area (Å²) in [5.74, 6) is 1.48. The predicted molar refractivity (Wildman–Crippen MR) is 119 cm³/mol. The molecule has 0 aliphatic heterocycles. The highest BCUT2D eigenvalue weighted by molar-refractivity contribution is 7.99. The van der Waals surface area contributed by atoms with Crippen molar-refractivity contribution in [3.05, 3.63) is 43.0 Å². The Bertz CT molecular complexity index is 898. The second-order valence-corrected chi connectivity index (χ2v) is 8.14. The number of aliphatic hydroxyl groups is 1. The average molecular weight is 430 g/mol. The SMILES string of the molecule is C=CC(=O)Nc1cccc(Sc2cc(OC)c(NC3CCC(O)CC3)nc2OC)c1. The highest BCUT2D eigenvalue weighted by Crippen LogP contribution is 2.40. The van der Waals surface area contributed by atoms with Crippen LogP contribution in [0.2, 0.25) is 0 Å². The van der Waals surface area contributed by atoms with Gasteiger partial charge in [-0.15, -0.1) is 0 Å². The van der Waals surface area contributed by atoms with E-state index in [4.69, 9.17) is 9.47 Å². The minimum absolute atomic E-state index is 0.210. The lowest BCUT2D eigenvalue weighted by molar-refractivity contribution is -0.111. The summed E-state index contributed by atoms with van der Waals surface area (Å²) < 4.78 is 11.1. The van der Waals surface area contributed by atoms with Gasteiger partial charge < -0.3 is 25.2 Å². The second-order valence-electron chi connectivity index (χ2n) is 7.02. The quantitative estimate of drug-likeness (QED) is 0.544. The number of amides is 1. The number of pyridine rings is 1. The summed E-state index contributed by atoms with van der Waals surface area (Å²) in [6.07, 6.45) is 4.35. The van der Waals surface area contributed by atoms with Crippen molar-refractivity contribution in [3.63, 3.8) is 0 Å². The first kappa shape index (κ1) is 22.0. The number of hydrogen-bond donors (Lipinski definition) is 3. The van der Waals surface area contributed by atoms with Crippen molar-refractivity contribution in [1.29, 1.82) is 0 Å². The topological polar surface area (TPSA) is 92.7 Å². The zero-order valence-corrected chi connectivity index (χ0v) is 18.0. The number of aromatic nitrogens is 1. The largest absolute Gasteiger partial charge is 0.493 e. The van der Waals surface area contributed by atoms with Crippen molar-refractivity contribution in [2.45, 2.75) is 47.6 Å². The average Bonchev–Trinajstić information content (AvgIpc) is 2.76. The fourth-order valence-electron chi connectivity index (χ4n) is 3.31. The lowest BCUT2D eigenvalue weighted by Crippen LogP contribution is -2.28. The Morgan fingerprint density at radius 2 is 2.00 bits per heavy atom. The van der Waals surface area contributed by atoms with Crippen molar-refractivity contribution < 1.29 is 19.4 Å². The van der Waals surface area contributed by atoms with E-state index in [9.17, 15) is 9.90 Å². The van der Waals surface area contributed by atoms with Gasteiger partial charge in [0, 0.05) is 22.7 Å². The van der Waals surface area contributed by atoms with E-state index in [0.29, 0.717) is 23.1 Å². The number of methoxy groups -OCH3 is 2. The maximum atomic E-state index is 11.6. The van der Waals surface area contributed by atoms with Gasteiger partial charge >= 0.3 is 0 Å². The highest BCUT2D eigenvalue weighted by Gasteiger charge is 2.22. The van der Waals surface area contributed by atoms with Crippen molar-refractivity contribution >= 4 is 29.2 Å². The van der Waals surface area contributed by atoms with Gasteiger partial charge in [0.15, 0.2) is 11.6 Å². The minimum atomic E-state index is -0.260. The summed E-state index contributed by atoms with van der Waals surface area (Å²) in [6, 6.07) is 9.63. The molecule has 0 radical (unpaired) electrons. The summed E-state index contributed by atoms with van der Waals surface area (Å²) in [5, 5.41) is 15.9. The van der Waals surface area contributed by atoms with Gasteiger partial charge in [0.2, 0.25) is 11.8 Å². The number of rotatable bonds is 8. The van der Waals surface area contributed by atoms with Crippen LogP contribution in [0.25, 0.3) is 0 Å². The zero-order valence-electron chi connectivity index (χ0n) is 17.2. The third kappa shape index (κ3) is 5.67. The third-order valence-corrected chi connectivity index (χ3v) is 5.89. The Kier molecular flexibility index (Phi) is 7.59. The van der Waals surface area contributed by atoms with Gasteiger partial charge in [-0.05, 0) is 50.0 Å². The molecule has 1 aliphatic rings. The van der Waals surface area contributed by atoms with E-state index in [-0.39, 0.29) is 18.1 Å². The molecule has 3 N–H and O–H groups in total. The molecule has 0 unspecified atom stereocenters. The molecule has 8 heteroatoms. The van der Waals surface area contributed by atoms with Crippen LogP contribution >= 0.6 is 11.8 Å². The van der Waals surface area contributed by atoms with E-state index in [1.807, 2.05) is 30.3 Å². The van der Waals surface area contributed by atoms with Crippen LogP contribution in [0.3, 0.4) is 0 Å². The van der Waals surface area contributed by atoms with Gasteiger partial charge in [0.25, 0.3) is 0 Å². The van der Waals surface area contributed by atoms with Crippen LogP contribution in [0.1, 0.15) is 25.7 Å². The maximum absolute atomic E-state index is 11.6. The molecule has 1 aromatic carbocycles. The standard InChI is InChI=1S/C22H27N3O4S/c1-4-20(27)23-15-6-5-7-17(12-15)30-19-13-18(28-2)21(25-22(19)29-3)24-14-8-10-16(26)11-9-14/h4-7,12-14,16,26H,1,8-11H2,2-3H3,(H,23,27)(H,24,25). The lowest BCUT2D eigenvalue weighted by atomic mass is 9.93. The molecule has 1 aromatic heterocycles. The van der Waals surface area contributed by atoms with Crippen molar-refractivity contribution in [1.82, 2.24) is 4.98 Å². The molecule has 160 valence electrons. The number of aliphatic hydroxyl groups excluding tert-OH is 1. The van der Waals surface area contributed by atoms with E-state index in [1.165, 1.54) is 17.8 Å². The molecular formula is C22H27N3O4S. The van der Waals surface area contributed by atoms with Crippen molar-refractivity contribution in [2.75, 3.05) is 24.9 Å². The van der Waals surface area contributed by atoms with Crippen molar-refractivity contribution in [3.8, 4) is 11.6 Å². The van der Waals surface area contributed by atoms with Gasteiger partial charge in [-0.2, -0.15) is 4.98 Å². The van der Waals surface area contributed by atoms with Crippen LogP contribution in [0.15, 0.2) is 52.8 Å². The lowest BCUT2D eigenvalue weighted by Gasteiger charge is -2.27. The summed E-state index contributed by atoms with van der Waals surface area (Å²) in [5.41, 5.74) is 0.682. The molecule has 7 nitrogen and oxygen atoms in total. The summed E-state index contributed by atoms with van der Waals surface area (Å²) >= 11 is 1.47. The van der Waals surface area contributed by atoms with Crippen LogP contribution in [0.4, 0.5) is 11.5 Å². The molecular weight excluding hydrogens is 402 g/mol. The number of nitrogens with zero attached hydrogens (tertiary/aromatic N) is 1. The van der Waals surface area contributed by atoms with Crippen LogP contribution in [0, 0.1) is 0 Å². The Morgan fingerprint density at radius 1 is 1.23 bits per heavy atom. The van der Waals surface area contributed by atoms with Gasteiger partial charge in [-0.1, -0.05) is 24.4 Å². The van der Waals surface area contributed by atoms with Gasteiger partial charge in [-0.3, -0.25) is 4.79 Å². The normalized spacial score (nSPS) is 18.4. The number of anilines is 2. The number of carbonyl (C=O) groups is 1. The molecule has 30 heavy (non-hydrogen) atoms. The molecule has 2 aromatic rings. The first-order chi connectivity index (χ1) is 14.5. The van der Waals surface area contributed by atoms with Gasteiger partial charge in [-0.25, -0.2) is 0 Å². The van der Waals surface area contributed by atoms with E-state index < -0.39 is 0 Å². The molecule has 0 atom stereocenters.